The second-order valence-electron chi connectivity index (χ2n) is 5.80. The van der Waals surface area contributed by atoms with Crippen molar-refractivity contribution in [3.8, 4) is 11.6 Å². The normalized spacial score (nSPS) is 10.8. The summed E-state index contributed by atoms with van der Waals surface area (Å²) in [6, 6.07) is 11.9. The van der Waals surface area contributed by atoms with E-state index >= 15 is 0 Å². The zero-order valence-corrected chi connectivity index (χ0v) is 18.9. The number of nitrogens with zero attached hydrogens (tertiary/aromatic N) is 2. The van der Waals surface area contributed by atoms with Gasteiger partial charge in [-0.1, -0.05) is 18.2 Å². The Balaban J connectivity index is 0.00000392. The van der Waals surface area contributed by atoms with E-state index in [9.17, 15) is 0 Å². The van der Waals surface area contributed by atoms with E-state index in [1.54, 1.807) is 27.5 Å². The number of aromatic nitrogens is 1. The van der Waals surface area contributed by atoms with E-state index in [-0.39, 0.29) is 24.0 Å². The van der Waals surface area contributed by atoms with E-state index in [4.69, 9.17) is 14.2 Å². The minimum atomic E-state index is 0. The number of aliphatic imine (C=N–C) groups is 1. The predicted octanol–water partition coefficient (Wildman–Crippen LogP) is 2.64. The molecule has 8 heteroatoms. The van der Waals surface area contributed by atoms with Crippen molar-refractivity contribution in [1.82, 2.24) is 15.6 Å². The Morgan fingerprint density at radius 1 is 1.00 bits per heavy atom. The first-order chi connectivity index (χ1) is 13.2. The highest BCUT2D eigenvalue weighted by Gasteiger charge is 2.01. The zero-order chi connectivity index (χ0) is 19.3. The van der Waals surface area contributed by atoms with Gasteiger partial charge in [0.1, 0.15) is 12.4 Å². The molecular weight excluding hydrogens is 471 g/mol. The molecule has 7 nitrogen and oxygen atoms in total. The van der Waals surface area contributed by atoms with Gasteiger partial charge in [0.25, 0.3) is 0 Å². The van der Waals surface area contributed by atoms with Crippen LogP contribution in [0.3, 0.4) is 0 Å². The van der Waals surface area contributed by atoms with Crippen LogP contribution in [0.2, 0.25) is 0 Å². The fourth-order valence-corrected chi connectivity index (χ4v) is 2.35. The molecule has 1 heterocycles. The standard InChI is InChI=1S/C20H28N4O3.HI/c1-21-20(22-11-10-16-4-7-18(26-3)8-5-16)24-15-17-6-9-19(23-14-17)27-13-12-25-2;/h4-9,14H,10-13,15H2,1-3H3,(H2,21,22,24);1H. The molecule has 2 N–H and O–H groups in total. The number of methoxy groups -OCH3 is 2. The second kappa shape index (κ2) is 14.0. The molecule has 2 aromatic rings. The molecule has 154 valence electrons. The van der Waals surface area contributed by atoms with Crippen LogP contribution in [0, 0.1) is 0 Å². The Bertz CT molecular complexity index is 694. The molecule has 0 radical (unpaired) electrons. The molecule has 0 bridgehead atoms. The molecular formula is C20H29IN4O3. The van der Waals surface area contributed by atoms with E-state index in [0.717, 1.165) is 30.2 Å². The van der Waals surface area contributed by atoms with Gasteiger partial charge in [0.05, 0.1) is 13.7 Å². The number of pyridine rings is 1. The lowest BCUT2D eigenvalue weighted by atomic mass is 10.1. The van der Waals surface area contributed by atoms with Gasteiger partial charge >= 0.3 is 0 Å². The molecule has 1 aromatic carbocycles. The zero-order valence-electron chi connectivity index (χ0n) is 16.6. The molecule has 28 heavy (non-hydrogen) atoms. The topological polar surface area (TPSA) is 77.0 Å². The Morgan fingerprint density at radius 2 is 1.75 bits per heavy atom. The Morgan fingerprint density at radius 3 is 2.36 bits per heavy atom. The van der Waals surface area contributed by atoms with Gasteiger partial charge in [-0.15, -0.1) is 24.0 Å². The van der Waals surface area contributed by atoms with Crippen molar-refractivity contribution in [2.24, 2.45) is 4.99 Å². The molecule has 0 atom stereocenters. The average molecular weight is 500 g/mol. The van der Waals surface area contributed by atoms with Crippen molar-refractivity contribution < 1.29 is 14.2 Å². The number of ether oxygens (including phenoxy) is 3. The van der Waals surface area contributed by atoms with E-state index in [1.807, 2.05) is 24.3 Å². The lowest BCUT2D eigenvalue weighted by Gasteiger charge is -2.12. The average Bonchev–Trinajstić information content (AvgIpc) is 2.72. The monoisotopic (exact) mass is 500 g/mol. The third-order valence-electron chi connectivity index (χ3n) is 3.88. The number of hydrogen-bond donors (Lipinski definition) is 2. The minimum absolute atomic E-state index is 0. The lowest BCUT2D eigenvalue weighted by Crippen LogP contribution is -2.37. The van der Waals surface area contributed by atoms with Gasteiger partial charge in [0, 0.05) is 39.5 Å². The molecule has 0 fully saturated rings. The summed E-state index contributed by atoms with van der Waals surface area (Å²) in [4.78, 5) is 8.53. The van der Waals surface area contributed by atoms with Crippen LogP contribution in [-0.2, 0) is 17.7 Å². The van der Waals surface area contributed by atoms with Crippen LogP contribution < -0.4 is 20.1 Å². The fourth-order valence-electron chi connectivity index (χ4n) is 2.35. The first kappa shape index (κ1) is 24.0. The molecule has 0 amide bonds. The van der Waals surface area contributed by atoms with Crippen LogP contribution in [-0.4, -0.2) is 52.0 Å². The Labute approximate surface area is 183 Å². The minimum Gasteiger partial charge on any atom is -0.497 e. The number of nitrogens with one attached hydrogen (secondary N) is 2. The predicted molar refractivity (Wildman–Crippen MR) is 122 cm³/mol. The number of hydrogen-bond acceptors (Lipinski definition) is 5. The van der Waals surface area contributed by atoms with Crippen molar-refractivity contribution >= 4 is 29.9 Å². The Kier molecular flexibility index (Phi) is 12.0. The number of halogens is 1. The smallest absolute Gasteiger partial charge is 0.213 e. The summed E-state index contributed by atoms with van der Waals surface area (Å²) in [6.07, 6.45) is 2.69. The van der Waals surface area contributed by atoms with Gasteiger partial charge < -0.3 is 24.8 Å². The van der Waals surface area contributed by atoms with Crippen molar-refractivity contribution in [2.75, 3.05) is 41.0 Å². The summed E-state index contributed by atoms with van der Waals surface area (Å²) in [6.45, 7) is 2.46. The van der Waals surface area contributed by atoms with E-state index in [1.165, 1.54) is 5.56 Å². The Hall–Kier alpha value is -2.07. The molecule has 0 saturated carbocycles. The van der Waals surface area contributed by atoms with Crippen LogP contribution in [0.25, 0.3) is 0 Å². The third kappa shape index (κ3) is 8.75. The van der Waals surface area contributed by atoms with E-state index < -0.39 is 0 Å². The third-order valence-corrected chi connectivity index (χ3v) is 3.88. The SMILES string of the molecule is CN=C(NCCc1ccc(OC)cc1)NCc1ccc(OCCOC)nc1.I. The van der Waals surface area contributed by atoms with Gasteiger partial charge in [-0.2, -0.15) is 0 Å². The van der Waals surface area contributed by atoms with Gasteiger partial charge in [0.15, 0.2) is 5.96 Å². The fraction of sp³-hybridized carbons (Fsp3) is 0.400. The van der Waals surface area contributed by atoms with Gasteiger partial charge in [0.2, 0.25) is 5.88 Å². The lowest BCUT2D eigenvalue weighted by molar-refractivity contribution is 0.143. The van der Waals surface area contributed by atoms with Crippen LogP contribution in [0.5, 0.6) is 11.6 Å². The first-order valence-electron chi connectivity index (χ1n) is 8.89. The summed E-state index contributed by atoms with van der Waals surface area (Å²) in [5.74, 6) is 2.22. The second-order valence-corrected chi connectivity index (χ2v) is 5.80. The molecule has 2 rings (SSSR count). The molecule has 0 aliphatic carbocycles. The summed E-state index contributed by atoms with van der Waals surface area (Å²) in [5, 5.41) is 6.59. The highest BCUT2D eigenvalue weighted by molar-refractivity contribution is 14.0. The molecule has 0 aliphatic rings. The summed E-state index contributed by atoms with van der Waals surface area (Å²) < 4.78 is 15.6. The van der Waals surface area contributed by atoms with Gasteiger partial charge in [-0.3, -0.25) is 4.99 Å². The number of guanidine groups is 1. The number of rotatable bonds is 10. The molecule has 1 aromatic heterocycles. The molecule has 0 aliphatic heterocycles. The largest absolute Gasteiger partial charge is 0.497 e. The van der Waals surface area contributed by atoms with Crippen LogP contribution >= 0.6 is 24.0 Å². The summed E-state index contributed by atoms with van der Waals surface area (Å²) >= 11 is 0. The quantitative estimate of drug-likeness (QED) is 0.226. The van der Waals surface area contributed by atoms with Gasteiger partial charge in [-0.05, 0) is 29.7 Å². The van der Waals surface area contributed by atoms with E-state index in [0.29, 0.717) is 25.6 Å². The van der Waals surface area contributed by atoms with Crippen LogP contribution in [0.1, 0.15) is 11.1 Å². The summed E-state index contributed by atoms with van der Waals surface area (Å²) in [5.41, 5.74) is 2.29. The van der Waals surface area contributed by atoms with Crippen LogP contribution in [0.4, 0.5) is 0 Å². The van der Waals surface area contributed by atoms with Crippen molar-refractivity contribution in [1.29, 1.82) is 0 Å². The molecule has 0 saturated heterocycles. The van der Waals surface area contributed by atoms with E-state index in [2.05, 4.69) is 32.7 Å². The van der Waals surface area contributed by atoms with Crippen molar-refractivity contribution in [3.63, 3.8) is 0 Å². The molecule has 0 unspecified atom stereocenters. The maximum atomic E-state index is 5.46. The first-order valence-corrected chi connectivity index (χ1v) is 8.89. The van der Waals surface area contributed by atoms with Crippen LogP contribution in [0.15, 0.2) is 47.6 Å². The maximum absolute atomic E-state index is 5.46. The maximum Gasteiger partial charge on any atom is 0.213 e. The number of benzene rings is 1. The highest BCUT2D eigenvalue weighted by Crippen LogP contribution is 2.11. The summed E-state index contributed by atoms with van der Waals surface area (Å²) in [7, 11) is 5.07. The van der Waals surface area contributed by atoms with Gasteiger partial charge in [-0.25, -0.2) is 4.98 Å². The highest BCUT2D eigenvalue weighted by atomic mass is 127. The molecule has 0 spiro atoms. The van der Waals surface area contributed by atoms with Crippen molar-refractivity contribution in [3.05, 3.63) is 53.7 Å². The van der Waals surface area contributed by atoms with Crippen molar-refractivity contribution in [2.45, 2.75) is 13.0 Å².